The summed E-state index contributed by atoms with van der Waals surface area (Å²) in [6.45, 7) is 2.77. The van der Waals surface area contributed by atoms with Crippen molar-refractivity contribution in [3.05, 3.63) is 0 Å². The number of carbonyl (C=O) groups excluding carboxylic acids is 1. The highest BCUT2D eigenvalue weighted by molar-refractivity contribution is 8.00. The van der Waals surface area contributed by atoms with Crippen LogP contribution >= 0.6 is 11.8 Å². The van der Waals surface area contributed by atoms with Crippen LogP contribution in [0.4, 0.5) is 0 Å². The molecule has 7 heteroatoms. The van der Waals surface area contributed by atoms with Crippen LogP contribution in [0.3, 0.4) is 0 Å². The summed E-state index contributed by atoms with van der Waals surface area (Å²) in [7, 11) is 0. The van der Waals surface area contributed by atoms with Crippen LogP contribution in [0.2, 0.25) is 0 Å². The molecule has 0 aliphatic carbocycles. The summed E-state index contributed by atoms with van der Waals surface area (Å²) in [5.41, 5.74) is 0. The second kappa shape index (κ2) is 7.10. The van der Waals surface area contributed by atoms with Crippen LogP contribution in [0.5, 0.6) is 0 Å². The molecule has 0 saturated carbocycles. The fourth-order valence-corrected chi connectivity index (χ4v) is 1.80. The van der Waals surface area contributed by atoms with Gasteiger partial charge in [-0.2, -0.15) is 0 Å². The Kier molecular flexibility index (Phi) is 6.55. The van der Waals surface area contributed by atoms with Gasteiger partial charge < -0.3 is 15.5 Å². The number of nitrogens with one attached hydrogen (secondary N) is 1. The van der Waals surface area contributed by atoms with Crippen LogP contribution in [0.15, 0.2) is 0 Å². The van der Waals surface area contributed by atoms with Gasteiger partial charge in [-0.3, -0.25) is 9.59 Å². The Bertz CT molecular complexity index is 281. The number of carboxylic acids is 2. The third kappa shape index (κ3) is 6.28. The Hall–Kier alpha value is -1.24. The van der Waals surface area contributed by atoms with E-state index in [9.17, 15) is 14.4 Å². The molecule has 0 spiro atoms. The van der Waals surface area contributed by atoms with Gasteiger partial charge in [0, 0.05) is 6.92 Å². The highest BCUT2D eigenvalue weighted by Gasteiger charge is 2.19. The summed E-state index contributed by atoms with van der Waals surface area (Å²) < 4.78 is 0. The number of carbonyl (C=O) groups is 3. The molecule has 0 bridgehead atoms. The molecule has 16 heavy (non-hydrogen) atoms. The topological polar surface area (TPSA) is 104 Å². The molecule has 0 aromatic carbocycles. The van der Waals surface area contributed by atoms with E-state index in [2.05, 4.69) is 5.32 Å². The minimum Gasteiger partial charge on any atom is -0.480 e. The highest BCUT2D eigenvalue weighted by Crippen LogP contribution is 2.12. The quantitative estimate of drug-likeness (QED) is 0.594. The van der Waals surface area contributed by atoms with Gasteiger partial charge in [0.25, 0.3) is 0 Å². The summed E-state index contributed by atoms with van der Waals surface area (Å²) in [5, 5.41) is 19.1. The second-order valence-corrected chi connectivity index (χ2v) is 4.68. The molecule has 0 fully saturated rings. The van der Waals surface area contributed by atoms with E-state index in [1.807, 2.05) is 0 Å². The number of thioether (sulfide) groups is 1. The molecule has 0 heterocycles. The normalized spacial score (nSPS) is 13.9. The van der Waals surface area contributed by atoms with Gasteiger partial charge in [-0.1, -0.05) is 0 Å². The third-order valence-corrected chi connectivity index (χ3v) is 2.97. The molecular formula is C9H15NO5S. The first-order chi connectivity index (χ1) is 7.34. The van der Waals surface area contributed by atoms with E-state index >= 15 is 0 Å². The molecule has 1 amide bonds. The average molecular weight is 249 g/mol. The maximum absolute atomic E-state index is 10.7. The van der Waals surface area contributed by atoms with Gasteiger partial charge in [-0.25, -0.2) is 4.79 Å². The first-order valence-electron chi connectivity index (χ1n) is 4.69. The van der Waals surface area contributed by atoms with Gasteiger partial charge in [0.1, 0.15) is 6.04 Å². The van der Waals surface area contributed by atoms with Gasteiger partial charge in [-0.05, 0) is 19.1 Å². The Morgan fingerprint density at radius 2 is 1.81 bits per heavy atom. The molecule has 6 nitrogen and oxygen atoms in total. The third-order valence-electron chi connectivity index (χ3n) is 1.80. The number of rotatable bonds is 7. The second-order valence-electron chi connectivity index (χ2n) is 3.23. The molecule has 2 unspecified atom stereocenters. The lowest BCUT2D eigenvalue weighted by Gasteiger charge is -2.13. The lowest BCUT2D eigenvalue weighted by Crippen LogP contribution is -2.40. The monoisotopic (exact) mass is 249 g/mol. The van der Waals surface area contributed by atoms with Crippen molar-refractivity contribution < 1.29 is 24.6 Å². The smallest absolute Gasteiger partial charge is 0.326 e. The van der Waals surface area contributed by atoms with Crippen LogP contribution < -0.4 is 5.32 Å². The van der Waals surface area contributed by atoms with E-state index in [1.165, 1.54) is 13.8 Å². The molecule has 0 aromatic heterocycles. The van der Waals surface area contributed by atoms with Crippen LogP contribution in [-0.2, 0) is 14.4 Å². The van der Waals surface area contributed by atoms with Gasteiger partial charge >= 0.3 is 11.9 Å². The van der Waals surface area contributed by atoms with Crippen LogP contribution in [0, 0.1) is 0 Å². The number of carboxylic acid groups (broad SMARTS) is 2. The van der Waals surface area contributed by atoms with E-state index in [4.69, 9.17) is 10.2 Å². The number of hydrogen-bond acceptors (Lipinski definition) is 4. The molecule has 0 rings (SSSR count). The standard InChI is InChI=1S/C9H15NO5S/c1-5(8(12)13)16-4-3-7(9(14)15)10-6(2)11/h5,7H,3-4H2,1-2H3,(H,10,11)(H,12,13)(H,14,15). The summed E-state index contributed by atoms with van der Waals surface area (Å²) in [4.78, 5) is 31.9. The Morgan fingerprint density at radius 1 is 1.25 bits per heavy atom. The van der Waals surface area contributed by atoms with Crippen LogP contribution in [-0.4, -0.2) is 45.1 Å². The zero-order valence-electron chi connectivity index (χ0n) is 9.10. The van der Waals surface area contributed by atoms with E-state index < -0.39 is 29.1 Å². The predicted molar refractivity (Wildman–Crippen MR) is 59.4 cm³/mol. The van der Waals surface area contributed by atoms with Crippen molar-refractivity contribution in [2.45, 2.75) is 31.6 Å². The van der Waals surface area contributed by atoms with E-state index in [0.29, 0.717) is 5.75 Å². The first kappa shape index (κ1) is 14.8. The first-order valence-corrected chi connectivity index (χ1v) is 5.73. The number of amides is 1. The molecule has 0 aromatic rings. The van der Waals surface area contributed by atoms with E-state index in [1.54, 1.807) is 0 Å². The molecule has 3 N–H and O–H groups in total. The summed E-state index contributed by atoms with van der Waals surface area (Å²) >= 11 is 1.14. The number of aliphatic carboxylic acids is 2. The van der Waals surface area contributed by atoms with Crippen LogP contribution in [0.1, 0.15) is 20.3 Å². The minimum atomic E-state index is -1.11. The van der Waals surface area contributed by atoms with Gasteiger partial charge in [-0.15, -0.1) is 11.8 Å². The maximum Gasteiger partial charge on any atom is 0.326 e. The zero-order chi connectivity index (χ0) is 12.7. The van der Waals surface area contributed by atoms with Crippen molar-refractivity contribution in [3.8, 4) is 0 Å². The lowest BCUT2D eigenvalue weighted by atomic mass is 10.2. The summed E-state index contributed by atoms with van der Waals surface area (Å²) in [6, 6.07) is -0.953. The largest absolute Gasteiger partial charge is 0.480 e. The minimum absolute atomic E-state index is 0.206. The predicted octanol–water partition coefficient (Wildman–Crippen LogP) is 0.172. The molecule has 0 aliphatic heterocycles. The number of hydrogen-bond donors (Lipinski definition) is 3. The lowest BCUT2D eigenvalue weighted by molar-refractivity contribution is -0.141. The van der Waals surface area contributed by atoms with Crippen molar-refractivity contribution in [2.24, 2.45) is 0 Å². The Morgan fingerprint density at radius 3 is 2.19 bits per heavy atom. The van der Waals surface area contributed by atoms with E-state index in [0.717, 1.165) is 11.8 Å². The van der Waals surface area contributed by atoms with Crippen LogP contribution in [0.25, 0.3) is 0 Å². The molecule has 92 valence electrons. The molecule has 0 radical (unpaired) electrons. The average Bonchev–Trinajstić information content (AvgIpc) is 2.14. The van der Waals surface area contributed by atoms with Crippen molar-refractivity contribution >= 4 is 29.6 Å². The van der Waals surface area contributed by atoms with Crippen molar-refractivity contribution in [1.82, 2.24) is 5.32 Å². The van der Waals surface area contributed by atoms with Gasteiger partial charge in [0.2, 0.25) is 5.91 Å². The maximum atomic E-state index is 10.7. The summed E-state index contributed by atoms with van der Waals surface area (Å²) in [5.74, 6) is -2.09. The molecular weight excluding hydrogens is 234 g/mol. The van der Waals surface area contributed by atoms with Gasteiger partial charge in [0.05, 0.1) is 5.25 Å². The molecule has 2 atom stereocenters. The van der Waals surface area contributed by atoms with Crippen molar-refractivity contribution in [1.29, 1.82) is 0 Å². The van der Waals surface area contributed by atoms with Crippen molar-refractivity contribution in [2.75, 3.05) is 5.75 Å². The SMILES string of the molecule is CC(=O)NC(CCSC(C)C(=O)O)C(=O)O. The molecule has 0 aliphatic rings. The Balaban J connectivity index is 3.99. The van der Waals surface area contributed by atoms with Crippen molar-refractivity contribution in [3.63, 3.8) is 0 Å². The molecule has 0 saturated heterocycles. The highest BCUT2D eigenvalue weighted by atomic mass is 32.2. The fraction of sp³-hybridized carbons (Fsp3) is 0.667. The Labute approximate surface area is 97.4 Å². The summed E-state index contributed by atoms with van der Waals surface area (Å²) in [6.07, 6.45) is 0.206. The van der Waals surface area contributed by atoms with E-state index in [-0.39, 0.29) is 6.42 Å². The van der Waals surface area contributed by atoms with Gasteiger partial charge in [0.15, 0.2) is 0 Å². The zero-order valence-corrected chi connectivity index (χ0v) is 9.91. The fourth-order valence-electron chi connectivity index (χ4n) is 0.937.